The molecule has 3 aliphatic rings. The number of pyridine rings is 1. The lowest BCUT2D eigenvalue weighted by Crippen LogP contribution is -2.22. The molecule has 2 heterocycles. The van der Waals surface area contributed by atoms with Gasteiger partial charge in [0.1, 0.15) is 5.82 Å². The Balaban J connectivity index is 1.66. The average molecular weight is 518 g/mol. The van der Waals surface area contributed by atoms with Gasteiger partial charge in [0.25, 0.3) is 0 Å². The molecule has 2 aliphatic carbocycles. The normalized spacial score (nSPS) is 14.4. The molecular weight excluding hydrogens is 496 g/mol. The predicted molar refractivity (Wildman–Crippen MR) is 143 cm³/mol. The summed E-state index contributed by atoms with van der Waals surface area (Å²) in [6, 6.07) is 18.2. The number of hydrogen-bond donors (Lipinski definition) is 1. The van der Waals surface area contributed by atoms with Crippen LogP contribution >= 0.6 is 23.2 Å². The molecule has 1 aromatic heterocycles. The van der Waals surface area contributed by atoms with Gasteiger partial charge in [0.15, 0.2) is 0 Å². The third-order valence-electron chi connectivity index (χ3n) is 6.59. The van der Waals surface area contributed by atoms with Gasteiger partial charge in [-0.2, -0.15) is 0 Å². The minimum atomic E-state index is -0.345. The molecule has 2 aromatic carbocycles. The second-order valence-electron chi connectivity index (χ2n) is 9.01. The summed E-state index contributed by atoms with van der Waals surface area (Å²) in [4.78, 5) is 14.3. The van der Waals surface area contributed by atoms with Crippen molar-refractivity contribution in [2.45, 2.75) is 32.2 Å². The van der Waals surface area contributed by atoms with E-state index in [1.54, 1.807) is 24.4 Å². The number of hydrogen-bond acceptors (Lipinski definition) is 4. The lowest BCUT2D eigenvalue weighted by molar-refractivity contribution is 0.413. The molecule has 36 heavy (non-hydrogen) atoms. The predicted octanol–water partition coefficient (Wildman–Crippen LogP) is 7.48. The second kappa shape index (κ2) is 9.19. The van der Waals surface area contributed by atoms with E-state index in [2.05, 4.69) is 10.3 Å². The van der Waals surface area contributed by atoms with E-state index in [4.69, 9.17) is 33.2 Å². The summed E-state index contributed by atoms with van der Waals surface area (Å²) in [6.45, 7) is 1.96. The van der Waals surface area contributed by atoms with Crippen LogP contribution in [0.25, 0.3) is 28.1 Å². The zero-order chi connectivity index (χ0) is 24.8. The van der Waals surface area contributed by atoms with E-state index in [9.17, 15) is 4.39 Å². The molecule has 3 aromatic rings. The van der Waals surface area contributed by atoms with E-state index in [-0.39, 0.29) is 11.9 Å². The zero-order valence-electron chi connectivity index (χ0n) is 19.5. The summed E-state index contributed by atoms with van der Waals surface area (Å²) in [5.41, 5.74) is 6.20. The van der Waals surface area contributed by atoms with Crippen LogP contribution in [0, 0.1) is 12.7 Å². The van der Waals surface area contributed by atoms with Crippen molar-refractivity contribution in [3.05, 3.63) is 93.8 Å². The van der Waals surface area contributed by atoms with Gasteiger partial charge in [-0.15, -0.1) is 0 Å². The summed E-state index contributed by atoms with van der Waals surface area (Å²) >= 11 is 12.6. The van der Waals surface area contributed by atoms with E-state index >= 15 is 0 Å². The molecule has 0 amide bonds. The van der Waals surface area contributed by atoms with Gasteiger partial charge in [-0.3, -0.25) is 9.98 Å². The molecule has 8 heteroatoms. The molecule has 0 atom stereocenters. The van der Waals surface area contributed by atoms with Crippen molar-refractivity contribution in [2.75, 3.05) is 5.32 Å². The van der Waals surface area contributed by atoms with Gasteiger partial charge < -0.3 is 9.88 Å². The Kier molecular flexibility index (Phi) is 5.86. The molecule has 6 rings (SSSR count). The first-order chi connectivity index (χ1) is 17.5. The quantitative estimate of drug-likeness (QED) is 0.251. The smallest absolute Gasteiger partial charge is 0.125 e. The summed E-state index contributed by atoms with van der Waals surface area (Å²) in [6.07, 6.45) is 5.09. The molecular formula is C28H22Cl2FN5. The molecule has 1 aliphatic heterocycles. The topological polar surface area (TPSA) is 55.1 Å². The lowest BCUT2D eigenvalue weighted by Gasteiger charge is -2.23. The van der Waals surface area contributed by atoms with Crippen LogP contribution in [0.15, 0.2) is 71.9 Å². The highest BCUT2D eigenvalue weighted by Gasteiger charge is 2.20. The van der Waals surface area contributed by atoms with Crippen molar-refractivity contribution in [1.29, 1.82) is 0 Å². The van der Waals surface area contributed by atoms with Gasteiger partial charge in [0.05, 0.1) is 60.9 Å². The van der Waals surface area contributed by atoms with Gasteiger partial charge in [-0.05, 0) is 80.8 Å². The lowest BCUT2D eigenvalue weighted by atomic mass is 9.94. The first-order valence-electron chi connectivity index (χ1n) is 11.8. The van der Waals surface area contributed by atoms with Crippen molar-refractivity contribution in [3.63, 3.8) is 0 Å². The third kappa shape index (κ3) is 4.21. The highest BCUT2D eigenvalue weighted by Crippen LogP contribution is 2.33. The van der Waals surface area contributed by atoms with Crippen LogP contribution in [-0.2, 0) is 0 Å². The molecule has 1 N–H and O–H groups in total. The summed E-state index contributed by atoms with van der Waals surface area (Å²) in [7, 11) is 0. The van der Waals surface area contributed by atoms with Gasteiger partial charge >= 0.3 is 0 Å². The Labute approximate surface area is 217 Å². The Morgan fingerprint density at radius 2 is 1.86 bits per heavy atom. The molecule has 0 radical (unpaired) electrons. The molecule has 0 unspecified atom stereocenters. The number of fused-ring (bicyclic) bond motifs is 2. The fourth-order valence-corrected chi connectivity index (χ4v) is 4.74. The molecule has 0 bridgehead atoms. The molecule has 0 saturated heterocycles. The number of anilines is 2. The Hall–Kier alpha value is -3.48. The molecule has 1 saturated carbocycles. The van der Waals surface area contributed by atoms with E-state index < -0.39 is 0 Å². The van der Waals surface area contributed by atoms with Crippen LogP contribution in [0.4, 0.5) is 15.8 Å². The molecule has 5 nitrogen and oxygen atoms in total. The van der Waals surface area contributed by atoms with Crippen LogP contribution < -0.4 is 10.7 Å². The Morgan fingerprint density at radius 3 is 2.61 bits per heavy atom. The van der Waals surface area contributed by atoms with Gasteiger partial charge in [0.2, 0.25) is 0 Å². The fraction of sp³-hybridized carbons (Fsp3) is 0.179. The minimum Gasteiger partial charge on any atom is -0.352 e. The van der Waals surface area contributed by atoms with Crippen LogP contribution in [0.3, 0.4) is 0 Å². The second-order valence-corrected chi connectivity index (χ2v) is 9.83. The molecule has 180 valence electrons. The number of nitrogens with one attached hydrogen (secondary N) is 1. The highest BCUT2D eigenvalue weighted by atomic mass is 35.5. The number of aromatic nitrogens is 3. The van der Waals surface area contributed by atoms with Crippen molar-refractivity contribution < 1.29 is 4.39 Å². The van der Waals surface area contributed by atoms with Gasteiger partial charge in [0, 0.05) is 18.0 Å². The Morgan fingerprint density at radius 1 is 1.00 bits per heavy atom. The first kappa shape index (κ1) is 23.0. The van der Waals surface area contributed by atoms with Crippen LogP contribution in [0.1, 0.15) is 25.0 Å². The number of aryl methyl sites for hydroxylation is 1. The fourth-order valence-electron chi connectivity index (χ4n) is 4.45. The third-order valence-corrected chi connectivity index (χ3v) is 7.33. The molecule has 1 fully saturated rings. The minimum absolute atomic E-state index is 0.280. The molecule has 0 spiro atoms. The van der Waals surface area contributed by atoms with Crippen molar-refractivity contribution in [2.24, 2.45) is 4.99 Å². The maximum Gasteiger partial charge on any atom is 0.125 e. The summed E-state index contributed by atoms with van der Waals surface area (Å²) in [5.74, 6) is -0.345. The number of rotatable bonds is 4. The number of halogens is 3. The summed E-state index contributed by atoms with van der Waals surface area (Å²) < 4.78 is 16.4. The standard InChI is InChI=1S/C28H22Cl2FN5/c1-16-22(6-3-11-32-16)34-24-14-26-28(15-25(24)33-18-4-2-5-18)36(19-8-9-20(29)21(30)13-19)27-12-17(31)7-10-23(27)35-26/h3,6-15,18,34H,2,4-5H2,1H3. The van der Waals surface area contributed by atoms with E-state index in [1.807, 2.05) is 41.8 Å². The maximum atomic E-state index is 14.4. The van der Waals surface area contributed by atoms with E-state index in [0.29, 0.717) is 21.1 Å². The largest absolute Gasteiger partial charge is 0.352 e. The highest BCUT2D eigenvalue weighted by molar-refractivity contribution is 6.42. The number of nitrogens with zero attached hydrogens (tertiary/aromatic N) is 4. The van der Waals surface area contributed by atoms with Crippen LogP contribution in [0.2, 0.25) is 10.0 Å². The van der Waals surface area contributed by atoms with Crippen LogP contribution in [-0.4, -0.2) is 20.6 Å². The Bertz CT molecular complexity index is 1660. The monoisotopic (exact) mass is 517 g/mol. The van der Waals surface area contributed by atoms with E-state index in [1.165, 1.54) is 18.6 Å². The van der Waals surface area contributed by atoms with Crippen LogP contribution in [0.5, 0.6) is 0 Å². The van der Waals surface area contributed by atoms with Gasteiger partial charge in [-0.1, -0.05) is 23.2 Å². The summed E-state index contributed by atoms with van der Waals surface area (Å²) in [5, 5.41) is 5.21. The first-order valence-corrected chi connectivity index (χ1v) is 12.6. The van der Waals surface area contributed by atoms with E-state index in [0.717, 1.165) is 52.3 Å². The van der Waals surface area contributed by atoms with Crippen molar-refractivity contribution >= 4 is 45.6 Å². The number of benzene rings is 3. The van der Waals surface area contributed by atoms with Crippen molar-refractivity contribution in [3.8, 4) is 17.1 Å². The SMILES string of the molecule is Cc1ncccc1Nc1cc2nc3ccc(F)cc3n(-c3ccc(Cl)c(Cl)c3)c-2cc1=NC1CCC1. The average Bonchev–Trinajstić information content (AvgIpc) is 2.83. The van der Waals surface area contributed by atoms with Gasteiger partial charge in [-0.25, -0.2) is 9.37 Å². The van der Waals surface area contributed by atoms with Crippen molar-refractivity contribution in [1.82, 2.24) is 14.5 Å². The maximum absolute atomic E-state index is 14.4. The zero-order valence-corrected chi connectivity index (χ0v) is 21.0.